The first-order valence-corrected chi connectivity index (χ1v) is 12.4. The van der Waals surface area contributed by atoms with Gasteiger partial charge in [-0.15, -0.1) is 0 Å². The number of carbonyl (C=O) groups excluding carboxylic acids is 1. The van der Waals surface area contributed by atoms with E-state index in [1.165, 1.54) is 11.8 Å². The Morgan fingerprint density at radius 2 is 2.03 bits per heavy atom. The predicted octanol–water partition coefficient (Wildman–Crippen LogP) is 2.33. The minimum atomic E-state index is -0.318. The van der Waals surface area contributed by atoms with Gasteiger partial charge in [0.2, 0.25) is 5.91 Å². The van der Waals surface area contributed by atoms with E-state index in [0.29, 0.717) is 29.9 Å². The first-order chi connectivity index (χ1) is 16.3. The molecule has 34 heavy (non-hydrogen) atoms. The maximum Gasteiger partial charge on any atom is 0.239 e. The summed E-state index contributed by atoms with van der Waals surface area (Å²) >= 11 is 1.40. The number of thioether (sulfide) groups is 1. The van der Waals surface area contributed by atoms with Crippen LogP contribution in [-0.2, 0) is 4.79 Å². The lowest BCUT2D eigenvalue weighted by molar-refractivity contribution is -0.119. The number of aliphatic imine (C=N–C) groups is 1. The molecule has 1 amide bonds. The lowest BCUT2D eigenvalue weighted by Gasteiger charge is -2.35. The fourth-order valence-corrected chi connectivity index (χ4v) is 4.67. The summed E-state index contributed by atoms with van der Waals surface area (Å²) in [6.07, 6.45) is 3.71. The molecule has 3 rings (SSSR count). The summed E-state index contributed by atoms with van der Waals surface area (Å²) in [4.78, 5) is 31.0. The van der Waals surface area contributed by atoms with Crippen LogP contribution >= 0.6 is 11.8 Å². The molecule has 1 aromatic heterocycles. The number of anilines is 2. The molecule has 0 aromatic carbocycles. The van der Waals surface area contributed by atoms with Crippen LogP contribution < -0.4 is 15.5 Å². The molecule has 2 aliphatic heterocycles. The molecule has 0 radical (unpaired) electrons. The number of aryl methyl sites for hydroxylation is 1. The van der Waals surface area contributed by atoms with Gasteiger partial charge < -0.3 is 20.6 Å². The summed E-state index contributed by atoms with van der Waals surface area (Å²) in [6.45, 7) is 16.3. The number of aromatic nitrogens is 2. The molecule has 0 saturated carbocycles. The number of hydrogen-bond donors (Lipinski definition) is 3. The van der Waals surface area contributed by atoms with Gasteiger partial charge in [-0.25, -0.2) is 9.97 Å². The molecular formula is C24H35N7O2S. The van der Waals surface area contributed by atoms with Crippen LogP contribution in [-0.4, -0.2) is 82.2 Å². The van der Waals surface area contributed by atoms with Gasteiger partial charge in [0.05, 0.1) is 13.2 Å². The van der Waals surface area contributed by atoms with Crippen LogP contribution in [0.5, 0.6) is 0 Å². The van der Waals surface area contributed by atoms with Crippen molar-refractivity contribution < 1.29 is 9.90 Å². The number of nitrogens with zero attached hydrogens (tertiary/aromatic N) is 5. The molecule has 0 spiro atoms. The summed E-state index contributed by atoms with van der Waals surface area (Å²) in [5.74, 6) is 2.13. The summed E-state index contributed by atoms with van der Waals surface area (Å²) < 4.78 is 0. The van der Waals surface area contributed by atoms with Crippen LogP contribution in [0.15, 0.2) is 46.6 Å². The standard InChI is InChI=1S/C24H35N7O2S/c1-6-16(3)22(17(4)7-2)29-23(33)19-15-25-24(34-19)28-20-14-21(27-18(5)26-20)31-10-8-30(9-11-31)12-13-32/h6-7,14,19,32H,1,8-13,15H2,2-5H3,(H,29,33)(H,25,26,27,28)/b17-7-,22-16+. The maximum absolute atomic E-state index is 12.9. The average molecular weight is 486 g/mol. The number of allylic oxidation sites excluding steroid dienone is 4. The smallest absolute Gasteiger partial charge is 0.239 e. The van der Waals surface area contributed by atoms with Crippen molar-refractivity contribution in [2.75, 3.05) is 56.1 Å². The molecule has 1 saturated heterocycles. The second-order valence-corrected chi connectivity index (χ2v) is 9.50. The molecule has 1 unspecified atom stereocenters. The molecule has 0 aliphatic carbocycles. The highest BCUT2D eigenvalue weighted by Crippen LogP contribution is 2.25. The SMILES string of the molecule is C=C/C(C)=C(NC(=O)C1CN=C(Nc2cc(N3CCN(CCO)CC3)nc(C)n2)S1)\C(C)=C/C. The van der Waals surface area contributed by atoms with Crippen molar-refractivity contribution in [2.24, 2.45) is 4.99 Å². The molecule has 3 N–H and O–H groups in total. The molecule has 10 heteroatoms. The second-order valence-electron chi connectivity index (χ2n) is 8.31. The molecule has 3 heterocycles. The van der Waals surface area contributed by atoms with Gasteiger partial charge in [-0.05, 0) is 38.8 Å². The molecule has 184 valence electrons. The minimum Gasteiger partial charge on any atom is -0.395 e. The summed E-state index contributed by atoms with van der Waals surface area (Å²) in [7, 11) is 0. The zero-order chi connectivity index (χ0) is 24.7. The fourth-order valence-electron chi connectivity index (χ4n) is 3.77. The van der Waals surface area contributed by atoms with E-state index in [0.717, 1.165) is 48.8 Å². The van der Waals surface area contributed by atoms with E-state index in [1.807, 2.05) is 39.8 Å². The zero-order valence-corrected chi connectivity index (χ0v) is 21.3. The monoisotopic (exact) mass is 485 g/mol. The van der Waals surface area contributed by atoms with Crippen LogP contribution in [0, 0.1) is 6.92 Å². The van der Waals surface area contributed by atoms with Gasteiger partial charge in [-0.2, -0.15) is 0 Å². The lowest BCUT2D eigenvalue weighted by atomic mass is 10.1. The summed E-state index contributed by atoms with van der Waals surface area (Å²) in [5.41, 5.74) is 2.71. The average Bonchev–Trinajstić information content (AvgIpc) is 3.30. The Hall–Kier alpha value is -2.69. The Labute approximate surface area is 206 Å². The van der Waals surface area contributed by atoms with Crippen LogP contribution in [0.2, 0.25) is 0 Å². The topological polar surface area (TPSA) is 106 Å². The number of nitrogens with one attached hydrogen (secondary N) is 2. The van der Waals surface area contributed by atoms with Gasteiger partial charge in [0.1, 0.15) is 22.7 Å². The normalized spacial score (nSPS) is 20.0. The fraction of sp³-hybridized carbons (Fsp3) is 0.500. The van der Waals surface area contributed by atoms with Gasteiger partial charge in [-0.1, -0.05) is 30.5 Å². The molecule has 2 aliphatic rings. The van der Waals surface area contributed by atoms with Crippen molar-refractivity contribution in [1.82, 2.24) is 20.2 Å². The number of aliphatic hydroxyl groups is 1. The van der Waals surface area contributed by atoms with Gasteiger partial charge in [-0.3, -0.25) is 14.7 Å². The van der Waals surface area contributed by atoms with Crippen LogP contribution in [0.25, 0.3) is 0 Å². The number of carbonyl (C=O) groups is 1. The van der Waals surface area contributed by atoms with Crippen molar-refractivity contribution in [3.8, 4) is 0 Å². The summed E-state index contributed by atoms with van der Waals surface area (Å²) in [5, 5.41) is 15.8. The Morgan fingerprint density at radius 3 is 2.68 bits per heavy atom. The Balaban J connectivity index is 1.61. The van der Waals surface area contributed by atoms with E-state index in [9.17, 15) is 4.79 Å². The maximum atomic E-state index is 12.9. The first-order valence-electron chi connectivity index (χ1n) is 11.5. The third kappa shape index (κ3) is 6.68. The van der Waals surface area contributed by atoms with Crippen LogP contribution in [0.3, 0.4) is 0 Å². The Kier molecular flexibility index (Phi) is 9.26. The van der Waals surface area contributed by atoms with Gasteiger partial charge in [0.15, 0.2) is 5.17 Å². The van der Waals surface area contributed by atoms with E-state index < -0.39 is 0 Å². The van der Waals surface area contributed by atoms with Gasteiger partial charge in [0.25, 0.3) is 0 Å². The highest BCUT2D eigenvalue weighted by Gasteiger charge is 2.28. The highest BCUT2D eigenvalue weighted by molar-refractivity contribution is 8.15. The third-order valence-corrected chi connectivity index (χ3v) is 7.00. The summed E-state index contributed by atoms with van der Waals surface area (Å²) in [6, 6.07) is 1.93. The third-order valence-electron chi connectivity index (χ3n) is 5.90. The van der Waals surface area contributed by atoms with Crippen LogP contribution in [0.1, 0.15) is 26.6 Å². The minimum absolute atomic E-state index is 0.0803. The number of rotatable bonds is 8. The Morgan fingerprint density at radius 1 is 1.29 bits per heavy atom. The quantitative estimate of drug-likeness (QED) is 0.482. The van der Waals surface area contributed by atoms with E-state index >= 15 is 0 Å². The van der Waals surface area contributed by atoms with Gasteiger partial charge >= 0.3 is 0 Å². The highest BCUT2D eigenvalue weighted by atomic mass is 32.2. The molecule has 0 bridgehead atoms. The number of β-amino-alcohol motifs (C(OH)–C–C–N with tert-alkyl or cyclic N) is 1. The van der Waals surface area contributed by atoms with E-state index in [4.69, 9.17) is 5.11 Å². The number of piperazine rings is 1. The van der Waals surface area contributed by atoms with Crippen molar-refractivity contribution in [2.45, 2.75) is 32.9 Å². The molecule has 1 fully saturated rings. The molecule has 1 aromatic rings. The van der Waals surface area contributed by atoms with Crippen molar-refractivity contribution in [3.63, 3.8) is 0 Å². The van der Waals surface area contributed by atoms with E-state index in [-0.39, 0.29) is 17.8 Å². The zero-order valence-electron chi connectivity index (χ0n) is 20.5. The molecule has 9 nitrogen and oxygen atoms in total. The second kappa shape index (κ2) is 12.1. The van der Waals surface area contributed by atoms with Gasteiger partial charge in [0, 0.05) is 44.5 Å². The number of hydrogen-bond acceptors (Lipinski definition) is 9. The van der Waals surface area contributed by atoms with Crippen molar-refractivity contribution in [3.05, 3.63) is 47.5 Å². The number of amides is 1. The molecule has 1 atom stereocenters. The van der Waals surface area contributed by atoms with Crippen molar-refractivity contribution in [1.29, 1.82) is 0 Å². The predicted molar refractivity (Wildman–Crippen MR) is 140 cm³/mol. The first kappa shape index (κ1) is 25.9. The van der Waals surface area contributed by atoms with E-state index in [2.05, 4.69) is 42.0 Å². The number of amidine groups is 1. The van der Waals surface area contributed by atoms with Crippen molar-refractivity contribution >= 4 is 34.5 Å². The Bertz CT molecular complexity index is 997. The largest absolute Gasteiger partial charge is 0.395 e. The lowest BCUT2D eigenvalue weighted by Crippen LogP contribution is -2.47. The van der Waals surface area contributed by atoms with Crippen LogP contribution in [0.4, 0.5) is 11.6 Å². The molecular weight excluding hydrogens is 450 g/mol. The van der Waals surface area contributed by atoms with E-state index in [1.54, 1.807) is 6.08 Å². The number of aliphatic hydroxyl groups excluding tert-OH is 1.